The van der Waals surface area contributed by atoms with E-state index in [0.29, 0.717) is 17.3 Å². The summed E-state index contributed by atoms with van der Waals surface area (Å²) in [5, 5.41) is 9.46. The Bertz CT molecular complexity index is 713. The van der Waals surface area contributed by atoms with Crippen molar-refractivity contribution in [2.24, 2.45) is 0 Å². The van der Waals surface area contributed by atoms with Gasteiger partial charge >= 0.3 is 5.69 Å². The van der Waals surface area contributed by atoms with Gasteiger partial charge < -0.3 is 5.32 Å². The van der Waals surface area contributed by atoms with Crippen LogP contribution in [0.4, 0.5) is 4.39 Å². The van der Waals surface area contributed by atoms with Gasteiger partial charge in [0, 0.05) is 18.7 Å². The summed E-state index contributed by atoms with van der Waals surface area (Å²) in [6.45, 7) is 2.74. The van der Waals surface area contributed by atoms with Crippen LogP contribution in [0.5, 0.6) is 0 Å². The number of carbonyl (C=O) groups excluding carboxylic acids is 1. The minimum atomic E-state index is -0.346. The van der Waals surface area contributed by atoms with Gasteiger partial charge in [-0.05, 0) is 12.5 Å². The van der Waals surface area contributed by atoms with Gasteiger partial charge in [0.2, 0.25) is 5.91 Å². The maximum atomic E-state index is 13.5. The van der Waals surface area contributed by atoms with E-state index in [9.17, 15) is 14.0 Å². The number of rotatable bonds is 8. The van der Waals surface area contributed by atoms with Crippen molar-refractivity contribution < 1.29 is 9.18 Å². The molecule has 0 fully saturated rings. The molecule has 1 aromatic heterocycles. The zero-order valence-corrected chi connectivity index (χ0v) is 13.7. The van der Waals surface area contributed by atoms with Crippen molar-refractivity contribution in [3.8, 4) is 0 Å². The quantitative estimate of drug-likeness (QED) is 0.721. The molecule has 1 heterocycles. The third-order valence-corrected chi connectivity index (χ3v) is 4.20. The number of unbranched alkanes of at least 4 members (excludes halogenated alkanes) is 1. The highest BCUT2D eigenvalue weighted by molar-refractivity contribution is 7.99. The second kappa shape index (κ2) is 8.52. The summed E-state index contributed by atoms with van der Waals surface area (Å²) < 4.78 is 15.0. The monoisotopic (exact) mass is 338 g/mol. The maximum Gasteiger partial charge on any atom is 0.343 e. The van der Waals surface area contributed by atoms with Crippen LogP contribution in [-0.4, -0.2) is 26.4 Å². The molecule has 0 atom stereocenters. The summed E-state index contributed by atoms with van der Waals surface area (Å²) in [4.78, 5) is 23.5. The minimum Gasteiger partial charge on any atom is -0.351 e. The lowest BCUT2D eigenvalue weighted by atomic mass is 10.2. The first-order valence-corrected chi connectivity index (χ1v) is 8.38. The number of aromatic amines is 1. The lowest BCUT2D eigenvalue weighted by Gasteiger charge is -2.07. The lowest BCUT2D eigenvalue weighted by molar-refractivity contribution is -0.118. The number of H-pyrrole nitrogens is 1. The maximum absolute atomic E-state index is 13.5. The van der Waals surface area contributed by atoms with Gasteiger partial charge in [0.1, 0.15) is 5.82 Å². The molecule has 1 aromatic carbocycles. The normalized spacial score (nSPS) is 10.7. The minimum absolute atomic E-state index is 0.116. The van der Waals surface area contributed by atoms with Crippen LogP contribution in [0.1, 0.15) is 25.3 Å². The molecule has 8 heteroatoms. The van der Waals surface area contributed by atoms with Gasteiger partial charge in [-0.15, -0.1) is 5.10 Å². The number of thioether (sulfide) groups is 1. The Labute approximate surface area is 137 Å². The van der Waals surface area contributed by atoms with Crippen molar-refractivity contribution in [3.05, 3.63) is 46.1 Å². The molecule has 0 bridgehead atoms. The molecule has 124 valence electrons. The van der Waals surface area contributed by atoms with Crippen LogP contribution in [0.15, 0.2) is 34.2 Å². The third-order valence-electron chi connectivity index (χ3n) is 3.22. The third kappa shape index (κ3) is 4.95. The number of nitrogens with one attached hydrogen (secondary N) is 2. The molecular formula is C15H19FN4O2S. The summed E-state index contributed by atoms with van der Waals surface area (Å²) in [6.07, 6.45) is 1.83. The number of carbonyl (C=O) groups is 1. The highest BCUT2D eigenvalue weighted by Gasteiger charge is 2.11. The molecule has 2 aromatic rings. The van der Waals surface area contributed by atoms with Crippen LogP contribution >= 0.6 is 11.8 Å². The van der Waals surface area contributed by atoms with E-state index in [0.717, 1.165) is 12.8 Å². The first-order valence-electron chi connectivity index (χ1n) is 7.40. The SMILES string of the molecule is CCCCn1c(SCC(=O)NCc2ccccc2F)n[nH]c1=O. The number of nitrogens with zero attached hydrogens (tertiary/aromatic N) is 2. The van der Waals surface area contributed by atoms with Crippen molar-refractivity contribution in [1.82, 2.24) is 20.1 Å². The van der Waals surface area contributed by atoms with Crippen LogP contribution in [0, 0.1) is 5.82 Å². The fourth-order valence-electron chi connectivity index (χ4n) is 1.94. The van der Waals surface area contributed by atoms with Gasteiger partial charge in [0.05, 0.1) is 5.75 Å². The van der Waals surface area contributed by atoms with Crippen LogP contribution in [-0.2, 0) is 17.9 Å². The van der Waals surface area contributed by atoms with E-state index in [1.54, 1.807) is 18.2 Å². The van der Waals surface area contributed by atoms with E-state index in [-0.39, 0.29) is 29.7 Å². The predicted molar refractivity (Wildman–Crippen MR) is 86.7 cm³/mol. The molecule has 2 rings (SSSR count). The largest absolute Gasteiger partial charge is 0.351 e. The molecule has 0 aliphatic heterocycles. The Kier molecular flexibility index (Phi) is 6.40. The molecule has 0 saturated heterocycles. The van der Waals surface area contributed by atoms with Crippen molar-refractivity contribution in [3.63, 3.8) is 0 Å². The van der Waals surface area contributed by atoms with Gasteiger partial charge in [-0.2, -0.15) is 0 Å². The van der Waals surface area contributed by atoms with Gasteiger partial charge in [-0.25, -0.2) is 14.3 Å². The molecule has 1 amide bonds. The smallest absolute Gasteiger partial charge is 0.343 e. The molecule has 0 unspecified atom stereocenters. The second-order valence-electron chi connectivity index (χ2n) is 4.97. The van der Waals surface area contributed by atoms with Crippen molar-refractivity contribution in [2.45, 2.75) is 38.0 Å². The molecule has 2 N–H and O–H groups in total. The molecule has 0 spiro atoms. The number of hydrogen-bond acceptors (Lipinski definition) is 4. The van der Waals surface area contributed by atoms with Gasteiger partial charge in [-0.1, -0.05) is 43.3 Å². The van der Waals surface area contributed by atoms with Crippen LogP contribution in [0.25, 0.3) is 0 Å². The second-order valence-corrected chi connectivity index (χ2v) is 5.92. The number of hydrogen-bond donors (Lipinski definition) is 2. The van der Waals surface area contributed by atoms with Crippen molar-refractivity contribution >= 4 is 17.7 Å². The standard InChI is InChI=1S/C15H19FN4O2S/c1-2-3-8-20-14(22)18-19-15(20)23-10-13(21)17-9-11-6-4-5-7-12(11)16/h4-7H,2-3,8-10H2,1H3,(H,17,21)(H,18,22). The molecule has 0 saturated carbocycles. The van der Waals surface area contributed by atoms with Crippen LogP contribution < -0.4 is 11.0 Å². The zero-order chi connectivity index (χ0) is 16.7. The highest BCUT2D eigenvalue weighted by atomic mass is 32.2. The van der Waals surface area contributed by atoms with Crippen LogP contribution in [0.3, 0.4) is 0 Å². The number of aromatic nitrogens is 3. The molecular weight excluding hydrogens is 319 g/mol. The topological polar surface area (TPSA) is 79.8 Å². The first kappa shape index (κ1) is 17.3. The van der Waals surface area contributed by atoms with Crippen molar-refractivity contribution in [1.29, 1.82) is 0 Å². The van der Waals surface area contributed by atoms with E-state index in [2.05, 4.69) is 15.5 Å². The average molecular weight is 338 g/mol. The number of amides is 1. The average Bonchev–Trinajstić information content (AvgIpc) is 2.90. The zero-order valence-electron chi connectivity index (χ0n) is 12.8. The summed E-state index contributed by atoms with van der Waals surface area (Å²) in [7, 11) is 0. The Balaban J connectivity index is 1.85. The molecule has 6 nitrogen and oxygen atoms in total. The summed E-state index contributed by atoms with van der Waals surface area (Å²) in [6, 6.07) is 6.30. The molecule has 0 aliphatic carbocycles. The summed E-state index contributed by atoms with van der Waals surface area (Å²) in [5.41, 5.74) is 0.165. The Morgan fingerprint density at radius 3 is 2.96 bits per heavy atom. The highest BCUT2D eigenvalue weighted by Crippen LogP contribution is 2.13. The fraction of sp³-hybridized carbons (Fsp3) is 0.400. The summed E-state index contributed by atoms with van der Waals surface area (Å²) >= 11 is 1.18. The van der Waals surface area contributed by atoms with Crippen molar-refractivity contribution in [2.75, 3.05) is 5.75 Å². The fourth-order valence-corrected chi connectivity index (χ4v) is 2.75. The van der Waals surface area contributed by atoms with E-state index < -0.39 is 0 Å². The molecule has 0 aliphatic rings. The number of halogens is 1. The number of benzene rings is 1. The lowest BCUT2D eigenvalue weighted by Crippen LogP contribution is -2.25. The first-order chi connectivity index (χ1) is 11.1. The Morgan fingerprint density at radius 2 is 2.22 bits per heavy atom. The Morgan fingerprint density at radius 1 is 1.43 bits per heavy atom. The van der Waals surface area contributed by atoms with E-state index in [1.165, 1.54) is 22.4 Å². The summed E-state index contributed by atoms with van der Waals surface area (Å²) in [5.74, 6) is -0.470. The molecule has 23 heavy (non-hydrogen) atoms. The van der Waals surface area contributed by atoms with E-state index >= 15 is 0 Å². The predicted octanol–water partition coefficient (Wildman–Crippen LogP) is 1.92. The van der Waals surface area contributed by atoms with E-state index in [4.69, 9.17) is 0 Å². The van der Waals surface area contributed by atoms with Gasteiger partial charge in [-0.3, -0.25) is 9.36 Å². The van der Waals surface area contributed by atoms with Crippen LogP contribution in [0.2, 0.25) is 0 Å². The van der Waals surface area contributed by atoms with Gasteiger partial charge in [0.15, 0.2) is 5.16 Å². The van der Waals surface area contributed by atoms with Gasteiger partial charge in [0.25, 0.3) is 0 Å². The molecule has 0 radical (unpaired) electrons. The Hall–Kier alpha value is -2.09. The van der Waals surface area contributed by atoms with E-state index in [1.807, 2.05) is 6.92 Å².